The van der Waals surface area contributed by atoms with Gasteiger partial charge in [-0.3, -0.25) is 4.79 Å². The summed E-state index contributed by atoms with van der Waals surface area (Å²) < 4.78 is 0. The van der Waals surface area contributed by atoms with Crippen LogP contribution >= 0.6 is 11.8 Å². The Labute approximate surface area is 108 Å². The van der Waals surface area contributed by atoms with Crippen molar-refractivity contribution in [3.05, 3.63) is 23.8 Å². The van der Waals surface area contributed by atoms with Gasteiger partial charge in [0.1, 0.15) is 0 Å². The number of aromatic nitrogens is 2. The highest BCUT2D eigenvalue weighted by molar-refractivity contribution is 7.99. The Balaban J connectivity index is 2.01. The minimum Gasteiger partial charge on any atom is -0.481 e. The molecule has 96 valence electrons. The number of nitrogens with zero attached hydrogens (tertiary/aromatic N) is 1. The number of aryl methyl sites for hydroxylation is 1. The quantitative estimate of drug-likeness (QED) is 0.718. The second kappa shape index (κ2) is 5.41. The molecule has 0 fully saturated rings. The molecular formula is C12H14N2O3S. The van der Waals surface area contributed by atoms with Gasteiger partial charge in [-0.05, 0) is 24.6 Å². The number of carboxylic acid groups (broad SMARTS) is 1. The lowest BCUT2D eigenvalue weighted by Crippen LogP contribution is -2.15. The third-order valence-electron chi connectivity index (χ3n) is 2.44. The van der Waals surface area contributed by atoms with Crippen LogP contribution in [0.1, 0.15) is 12.0 Å². The van der Waals surface area contributed by atoms with E-state index >= 15 is 0 Å². The van der Waals surface area contributed by atoms with E-state index in [-0.39, 0.29) is 6.42 Å². The van der Waals surface area contributed by atoms with E-state index in [4.69, 9.17) is 5.11 Å². The Kier molecular flexibility index (Phi) is 3.88. The number of aromatic amines is 1. The number of nitrogens with one attached hydrogen (secondary N) is 1. The zero-order valence-corrected chi connectivity index (χ0v) is 10.7. The molecule has 1 atom stereocenters. The number of carboxylic acids is 1. The van der Waals surface area contributed by atoms with Crippen LogP contribution in [0.25, 0.3) is 11.0 Å². The molecule has 0 aliphatic heterocycles. The Hall–Kier alpha value is -1.53. The van der Waals surface area contributed by atoms with Gasteiger partial charge in [0.05, 0.1) is 23.6 Å². The molecule has 6 heteroatoms. The Bertz CT molecular complexity index is 567. The van der Waals surface area contributed by atoms with Crippen molar-refractivity contribution in [3.8, 4) is 0 Å². The number of H-pyrrole nitrogens is 1. The summed E-state index contributed by atoms with van der Waals surface area (Å²) >= 11 is 1.32. The van der Waals surface area contributed by atoms with E-state index in [1.165, 1.54) is 11.8 Å². The maximum atomic E-state index is 10.4. The summed E-state index contributed by atoms with van der Waals surface area (Å²) in [6, 6.07) is 5.91. The number of aliphatic carboxylic acids is 1. The molecule has 5 nitrogen and oxygen atoms in total. The number of hydrogen-bond donors (Lipinski definition) is 3. The van der Waals surface area contributed by atoms with Crippen molar-refractivity contribution in [2.75, 3.05) is 5.75 Å². The Morgan fingerprint density at radius 2 is 2.33 bits per heavy atom. The molecule has 0 aliphatic rings. The van der Waals surface area contributed by atoms with Gasteiger partial charge in [0, 0.05) is 5.75 Å². The van der Waals surface area contributed by atoms with Crippen LogP contribution in [0.2, 0.25) is 0 Å². The zero-order valence-electron chi connectivity index (χ0n) is 9.88. The first kappa shape index (κ1) is 12.9. The minimum atomic E-state index is -0.997. The van der Waals surface area contributed by atoms with Crippen molar-refractivity contribution in [1.82, 2.24) is 9.97 Å². The monoisotopic (exact) mass is 266 g/mol. The maximum Gasteiger partial charge on any atom is 0.306 e. The lowest BCUT2D eigenvalue weighted by molar-refractivity contribution is -0.138. The van der Waals surface area contributed by atoms with E-state index in [0.29, 0.717) is 10.9 Å². The third kappa shape index (κ3) is 3.24. The lowest BCUT2D eigenvalue weighted by Gasteiger charge is -2.04. The Morgan fingerprint density at radius 1 is 1.56 bits per heavy atom. The van der Waals surface area contributed by atoms with Gasteiger partial charge in [-0.25, -0.2) is 4.98 Å². The smallest absolute Gasteiger partial charge is 0.306 e. The van der Waals surface area contributed by atoms with Crippen LogP contribution in [-0.2, 0) is 4.79 Å². The van der Waals surface area contributed by atoms with Gasteiger partial charge in [0.2, 0.25) is 0 Å². The van der Waals surface area contributed by atoms with Crippen LogP contribution in [0.3, 0.4) is 0 Å². The van der Waals surface area contributed by atoms with Gasteiger partial charge < -0.3 is 15.2 Å². The van der Waals surface area contributed by atoms with Crippen molar-refractivity contribution in [2.45, 2.75) is 24.6 Å². The van der Waals surface area contributed by atoms with Gasteiger partial charge in [-0.2, -0.15) is 0 Å². The highest BCUT2D eigenvalue weighted by Crippen LogP contribution is 2.21. The topological polar surface area (TPSA) is 86.2 Å². The van der Waals surface area contributed by atoms with E-state index in [2.05, 4.69) is 9.97 Å². The second-order valence-corrected chi connectivity index (χ2v) is 5.13. The minimum absolute atomic E-state index is 0.244. The summed E-state index contributed by atoms with van der Waals surface area (Å²) in [4.78, 5) is 17.9. The van der Waals surface area contributed by atoms with E-state index in [9.17, 15) is 9.90 Å². The standard InChI is InChI=1S/C12H14N2O3S/c1-7-2-3-9-10(4-7)14-12(13-9)18-6-8(15)5-11(16)17/h2-4,8,15H,5-6H2,1H3,(H,13,14)(H,16,17). The number of aliphatic hydroxyl groups excluding tert-OH is 1. The number of aliphatic hydroxyl groups is 1. The number of fused-ring (bicyclic) bond motifs is 1. The van der Waals surface area contributed by atoms with Crippen LogP contribution in [0, 0.1) is 6.92 Å². The largest absolute Gasteiger partial charge is 0.481 e. The van der Waals surface area contributed by atoms with Crippen molar-refractivity contribution in [1.29, 1.82) is 0 Å². The first-order valence-corrected chi connectivity index (χ1v) is 6.52. The van der Waals surface area contributed by atoms with E-state index in [1.807, 2.05) is 25.1 Å². The molecule has 0 bridgehead atoms. The average molecular weight is 266 g/mol. The fourth-order valence-corrected chi connectivity index (χ4v) is 2.42. The fourth-order valence-electron chi connectivity index (χ4n) is 1.60. The molecule has 3 N–H and O–H groups in total. The van der Waals surface area contributed by atoms with Crippen LogP contribution in [0.4, 0.5) is 0 Å². The third-order valence-corrected chi connectivity index (χ3v) is 3.46. The number of rotatable bonds is 5. The molecule has 2 rings (SSSR count). The van der Waals surface area contributed by atoms with Crippen LogP contribution in [-0.4, -0.2) is 38.0 Å². The fraction of sp³-hybridized carbons (Fsp3) is 0.333. The molecule has 0 amide bonds. The summed E-state index contributed by atoms with van der Waals surface area (Å²) in [7, 11) is 0. The average Bonchev–Trinajstić information content (AvgIpc) is 2.67. The van der Waals surface area contributed by atoms with Crippen molar-refractivity contribution in [2.24, 2.45) is 0 Å². The van der Waals surface area contributed by atoms with E-state index in [1.54, 1.807) is 0 Å². The number of imidazole rings is 1. The molecule has 0 saturated carbocycles. The van der Waals surface area contributed by atoms with Gasteiger partial charge in [0.15, 0.2) is 5.16 Å². The van der Waals surface area contributed by atoms with Crippen LogP contribution < -0.4 is 0 Å². The van der Waals surface area contributed by atoms with Crippen molar-refractivity contribution < 1.29 is 15.0 Å². The molecule has 0 spiro atoms. The number of carbonyl (C=O) groups is 1. The van der Waals surface area contributed by atoms with Crippen LogP contribution in [0.15, 0.2) is 23.4 Å². The van der Waals surface area contributed by atoms with Crippen LogP contribution in [0.5, 0.6) is 0 Å². The second-order valence-electron chi connectivity index (χ2n) is 4.13. The van der Waals surface area contributed by atoms with E-state index < -0.39 is 12.1 Å². The molecule has 2 aromatic rings. The highest BCUT2D eigenvalue weighted by Gasteiger charge is 2.11. The highest BCUT2D eigenvalue weighted by atomic mass is 32.2. The molecular weight excluding hydrogens is 252 g/mol. The molecule has 1 aromatic heterocycles. The molecule has 1 heterocycles. The molecule has 0 radical (unpaired) electrons. The number of hydrogen-bond acceptors (Lipinski definition) is 4. The summed E-state index contributed by atoms with van der Waals surface area (Å²) in [6.07, 6.45) is -1.10. The van der Waals surface area contributed by atoms with Gasteiger partial charge in [0.25, 0.3) is 0 Å². The molecule has 18 heavy (non-hydrogen) atoms. The maximum absolute atomic E-state index is 10.4. The number of benzene rings is 1. The van der Waals surface area contributed by atoms with E-state index in [0.717, 1.165) is 16.6 Å². The first-order valence-electron chi connectivity index (χ1n) is 5.53. The summed E-state index contributed by atoms with van der Waals surface area (Å²) in [5, 5.41) is 18.7. The first-order chi connectivity index (χ1) is 8.54. The SMILES string of the molecule is Cc1ccc2nc(SCC(O)CC(=O)O)[nH]c2c1. The van der Waals surface area contributed by atoms with Gasteiger partial charge in [-0.15, -0.1) is 0 Å². The number of thioether (sulfide) groups is 1. The zero-order chi connectivity index (χ0) is 13.1. The van der Waals surface area contributed by atoms with Crippen molar-refractivity contribution in [3.63, 3.8) is 0 Å². The summed E-state index contributed by atoms with van der Waals surface area (Å²) in [5.41, 5.74) is 2.97. The molecule has 1 unspecified atom stereocenters. The van der Waals surface area contributed by atoms with Crippen molar-refractivity contribution >= 4 is 28.8 Å². The predicted molar refractivity (Wildman–Crippen MR) is 69.8 cm³/mol. The lowest BCUT2D eigenvalue weighted by atomic mass is 10.2. The van der Waals surface area contributed by atoms with Gasteiger partial charge in [-0.1, -0.05) is 17.8 Å². The molecule has 1 aromatic carbocycles. The molecule has 0 saturated heterocycles. The summed E-state index contributed by atoms with van der Waals surface area (Å²) in [5.74, 6) is -0.686. The normalized spacial score (nSPS) is 12.8. The molecule has 0 aliphatic carbocycles. The Morgan fingerprint density at radius 3 is 3.06 bits per heavy atom. The predicted octanol–water partition coefficient (Wildman–Crippen LogP) is 1.80. The summed E-state index contributed by atoms with van der Waals surface area (Å²) in [6.45, 7) is 2.00. The van der Waals surface area contributed by atoms with Gasteiger partial charge >= 0.3 is 5.97 Å².